The Balaban J connectivity index is 1.72. The Hall–Kier alpha value is -3.13. The Labute approximate surface area is 165 Å². The smallest absolute Gasteiger partial charge is 0.344 e. The molecular weight excluding hydrogens is 383 g/mol. The first-order valence-corrected chi connectivity index (χ1v) is 9.31. The minimum absolute atomic E-state index is 0.150. The maximum atomic E-state index is 13.7. The number of ether oxygens (including phenoxy) is 1. The Bertz CT molecular complexity index is 957. The summed E-state index contributed by atoms with van der Waals surface area (Å²) in [5.74, 6) is -1.38. The van der Waals surface area contributed by atoms with Crippen molar-refractivity contribution in [3.63, 3.8) is 0 Å². The van der Waals surface area contributed by atoms with Gasteiger partial charge in [-0.05, 0) is 54.1 Å². The molecule has 0 aromatic heterocycles. The van der Waals surface area contributed by atoms with Crippen molar-refractivity contribution in [3.05, 3.63) is 64.8 Å². The lowest BCUT2D eigenvalue weighted by atomic mass is 10.2. The summed E-state index contributed by atoms with van der Waals surface area (Å²) >= 11 is 1.11. The maximum absolute atomic E-state index is 13.7. The molecule has 2 aromatic rings. The van der Waals surface area contributed by atoms with Gasteiger partial charge in [0.15, 0.2) is 11.3 Å². The molecule has 1 atom stereocenters. The Morgan fingerprint density at radius 3 is 2.64 bits per heavy atom. The second-order valence-corrected chi connectivity index (χ2v) is 6.89. The summed E-state index contributed by atoms with van der Waals surface area (Å²) in [7, 11) is 0. The van der Waals surface area contributed by atoms with Gasteiger partial charge in [0.05, 0.1) is 4.91 Å². The molecule has 144 valence electrons. The van der Waals surface area contributed by atoms with Gasteiger partial charge in [-0.1, -0.05) is 31.2 Å². The van der Waals surface area contributed by atoms with Crippen LogP contribution < -0.4 is 10.1 Å². The van der Waals surface area contributed by atoms with Gasteiger partial charge in [-0.15, -0.1) is 0 Å². The van der Waals surface area contributed by atoms with Crippen molar-refractivity contribution in [3.8, 4) is 5.75 Å². The van der Waals surface area contributed by atoms with Crippen LogP contribution in [0.4, 0.5) is 10.1 Å². The standard InChI is InChI=1S/C20H17FN2O4S/c1-2-16(19(25)26)27-13-9-7-12(8-10-13)11-17-18(24)23-20(28-17)22-15-6-4-3-5-14(15)21/h3-11,16H,2H2,1H3,(H,25,26)(H,22,23,24)/b17-11+. The molecule has 1 aliphatic rings. The van der Waals surface area contributed by atoms with E-state index in [2.05, 4.69) is 10.3 Å². The number of aliphatic carboxylic acids is 1. The number of amidine groups is 1. The molecule has 2 aromatic carbocycles. The van der Waals surface area contributed by atoms with Crippen molar-refractivity contribution in [2.45, 2.75) is 19.4 Å². The van der Waals surface area contributed by atoms with Crippen LogP contribution in [-0.4, -0.2) is 28.3 Å². The molecule has 3 rings (SSSR count). The third-order valence-electron chi connectivity index (χ3n) is 3.83. The number of para-hydroxylation sites is 1. The van der Waals surface area contributed by atoms with Gasteiger partial charge >= 0.3 is 5.97 Å². The molecule has 1 amide bonds. The molecule has 0 radical (unpaired) electrons. The maximum Gasteiger partial charge on any atom is 0.344 e. The minimum atomic E-state index is -1.02. The van der Waals surface area contributed by atoms with Crippen molar-refractivity contribution in [1.29, 1.82) is 0 Å². The number of carboxylic acids is 1. The summed E-state index contributed by atoms with van der Waals surface area (Å²) in [4.78, 5) is 27.7. The summed E-state index contributed by atoms with van der Waals surface area (Å²) in [5, 5.41) is 11.9. The molecule has 6 nitrogen and oxygen atoms in total. The first-order valence-electron chi connectivity index (χ1n) is 8.50. The van der Waals surface area contributed by atoms with Gasteiger partial charge in [0.25, 0.3) is 5.91 Å². The fourth-order valence-electron chi connectivity index (χ4n) is 2.40. The summed E-state index contributed by atoms with van der Waals surface area (Å²) in [6.07, 6.45) is 1.11. The number of nitrogens with one attached hydrogen (secondary N) is 1. The molecule has 0 bridgehead atoms. The van der Waals surface area contributed by atoms with Crippen molar-refractivity contribution >= 4 is 40.6 Å². The number of carboxylic acid groups (broad SMARTS) is 1. The molecule has 0 aliphatic carbocycles. The lowest BCUT2D eigenvalue weighted by Gasteiger charge is -2.13. The fourth-order valence-corrected chi connectivity index (χ4v) is 3.23. The van der Waals surface area contributed by atoms with Gasteiger partial charge in [-0.2, -0.15) is 0 Å². The normalized spacial score (nSPS) is 17.6. The second-order valence-electron chi connectivity index (χ2n) is 5.86. The minimum Gasteiger partial charge on any atom is -0.479 e. The van der Waals surface area contributed by atoms with Gasteiger partial charge in [0, 0.05) is 0 Å². The van der Waals surface area contributed by atoms with Crippen LogP contribution >= 0.6 is 11.8 Å². The largest absolute Gasteiger partial charge is 0.479 e. The highest BCUT2D eigenvalue weighted by Gasteiger charge is 2.24. The number of hydrogen-bond donors (Lipinski definition) is 2. The lowest BCUT2D eigenvalue weighted by Crippen LogP contribution is -2.25. The van der Waals surface area contributed by atoms with Crippen LogP contribution in [0.1, 0.15) is 18.9 Å². The van der Waals surface area contributed by atoms with Crippen LogP contribution in [0.5, 0.6) is 5.75 Å². The van der Waals surface area contributed by atoms with Crippen molar-refractivity contribution in [2.24, 2.45) is 4.99 Å². The molecule has 0 spiro atoms. The summed E-state index contributed by atoms with van der Waals surface area (Å²) < 4.78 is 19.1. The number of thioether (sulfide) groups is 1. The Morgan fingerprint density at radius 2 is 2.00 bits per heavy atom. The van der Waals surface area contributed by atoms with Crippen LogP contribution in [0.2, 0.25) is 0 Å². The topological polar surface area (TPSA) is 88.0 Å². The quantitative estimate of drug-likeness (QED) is 0.717. The zero-order valence-electron chi connectivity index (χ0n) is 14.9. The molecule has 1 unspecified atom stereocenters. The van der Waals surface area contributed by atoms with Crippen molar-refractivity contribution in [2.75, 3.05) is 0 Å². The summed E-state index contributed by atoms with van der Waals surface area (Å²) in [5.41, 5.74) is 0.887. The third kappa shape index (κ3) is 4.77. The monoisotopic (exact) mass is 400 g/mol. The molecular formula is C20H17FN2O4S. The summed E-state index contributed by atoms with van der Waals surface area (Å²) in [6.45, 7) is 1.73. The zero-order chi connectivity index (χ0) is 20.1. The van der Waals surface area contributed by atoms with E-state index in [1.165, 1.54) is 12.1 Å². The number of carbonyl (C=O) groups excluding carboxylic acids is 1. The fraction of sp³-hybridized carbons (Fsp3) is 0.150. The van der Waals surface area contributed by atoms with E-state index in [0.29, 0.717) is 22.2 Å². The zero-order valence-corrected chi connectivity index (χ0v) is 15.7. The van der Waals surface area contributed by atoms with Crippen molar-refractivity contribution in [1.82, 2.24) is 5.32 Å². The average Bonchev–Trinajstić information content (AvgIpc) is 3.01. The van der Waals surface area contributed by atoms with Crippen LogP contribution in [0.25, 0.3) is 6.08 Å². The van der Waals surface area contributed by atoms with Crippen molar-refractivity contribution < 1.29 is 23.8 Å². The van der Waals surface area contributed by atoms with Gasteiger partial charge in [-0.3, -0.25) is 4.79 Å². The predicted octanol–water partition coefficient (Wildman–Crippen LogP) is 3.96. The molecule has 8 heteroatoms. The van der Waals surface area contributed by atoms with Gasteiger partial charge in [-0.25, -0.2) is 14.2 Å². The number of amides is 1. The number of benzene rings is 2. The SMILES string of the molecule is CCC(Oc1ccc(/C=C2/SC(=Nc3ccccc3F)NC2=O)cc1)C(=O)O. The number of aliphatic imine (C=N–C) groups is 1. The first-order chi connectivity index (χ1) is 13.5. The summed E-state index contributed by atoms with van der Waals surface area (Å²) in [6, 6.07) is 12.8. The van der Waals surface area contributed by atoms with Gasteiger partial charge in [0.2, 0.25) is 0 Å². The molecule has 2 N–H and O–H groups in total. The molecule has 28 heavy (non-hydrogen) atoms. The van der Waals surface area contributed by atoms with Crippen LogP contribution in [0, 0.1) is 5.82 Å². The Morgan fingerprint density at radius 1 is 1.29 bits per heavy atom. The molecule has 1 fully saturated rings. The molecule has 1 saturated heterocycles. The second kappa shape index (κ2) is 8.71. The lowest BCUT2D eigenvalue weighted by molar-refractivity contribution is -0.145. The highest BCUT2D eigenvalue weighted by Crippen LogP contribution is 2.29. The van der Waals surface area contributed by atoms with Crippen LogP contribution in [-0.2, 0) is 9.59 Å². The molecule has 1 aliphatic heterocycles. The number of carbonyl (C=O) groups is 2. The predicted molar refractivity (Wildman–Crippen MR) is 106 cm³/mol. The van der Waals surface area contributed by atoms with E-state index in [1.807, 2.05) is 0 Å². The van der Waals surface area contributed by atoms with E-state index in [9.17, 15) is 14.0 Å². The Kier molecular flexibility index (Phi) is 6.10. The van der Waals surface area contributed by atoms with E-state index >= 15 is 0 Å². The number of nitrogens with zero attached hydrogens (tertiary/aromatic N) is 1. The molecule has 0 saturated carbocycles. The first kappa shape index (κ1) is 19.6. The third-order valence-corrected chi connectivity index (χ3v) is 4.74. The number of hydrogen-bond acceptors (Lipinski definition) is 5. The van der Waals surface area contributed by atoms with E-state index in [0.717, 1.165) is 17.3 Å². The highest BCUT2D eigenvalue weighted by atomic mass is 32.2. The van der Waals surface area contributed by atoms with E-state index in [-0.39, 0.29) is 11.6 Å². The molecule has 1 heterocycles. The van der Waals surface area contributed by atoms with Gasteiger partial charge in [0.1, 0.15) is 17.3 Å². The number of halogens is 1. The van der Waals surface area contributed by atoms with E-state index in [4.69, 9.17) is 9.84 Å². The highest BCUT2D eigenvalue weighted by molar-refractivity contribution is 8.18. The van der Waals surface area contributed by atoms with E-state index < -0.39 is 17.9 Å². The van der Waals surface area contributed by atoms with Crippen LogP contribution in [0.15, 0.2) is 58.4 Å². The van der Waals surface area contributed by atoms with Crippen LogP contribution in [0.3, 0.4) is 0 Å². The number of rotatable bonds is 6. The van der Waals surface area contributed by atoms with Gasteiger partial charge < -0.3 is 15.2 Å². The average molecular weight is 400 g/mol. The van der Waals surface area contributed by atoms with E-state index in [1.54, 1.807) is 49.4 Å².